The lowest BCUT2D eigenvalue weighted by Gasteiger charge is -2.13. The first-order chi connectivity index (χ1) is 6.86. The van der Waals surface area contributed by atoms with Crippen LogP contribution in [0.15, 0.2) is 16.6 Å². The van der Waals surface area contributed by atoms with Crippen LogP contribution < -0.4 is 5.32 Å². The van der Waals surface area contributed by atoms with Crippen molar-refractivity contribution in [2.45, 2.75) is 6.18 Å². The normalized spacial score (nSPS) is 11.6. The fourth-order valence-electron chi connectivity index (χ4n) is 0.989. The number of rotatable bonds is 2. The van der Waals surface area contributed by atoms with Gasteiger partial charge in [0.05, 0.1) is 16.5 Å². The molecule has 15 heavy (non-hydrogen) atoms. The molecule has 0 heterocycles. The Hall–Kier alpha value is -0.0700. The summed E-state index contributed by atoms with van der Waals surface area (Å²) < 4.78 is 37.4. The van der Waals surface area contributed by atoms with Crippen LogP contribution in [0, 0.1) is 0 Å². The Kier molecular flexibility index (Phi) is 4.20. The molecule has 0 unspecified atom stereocenters. The van der Waals surface area contributed by atoms with Gasteiger partial charge in [0.15, 0.2) is 0 Å². The van der Waals surface area contributed by atoms with Crippen molar-refractivity contribution in [3.05, 3.63) is 27.2 Å². The lowest BCUT2D eigenvalue weighted by molar-refractivity contribution is -0.138. The second-order valence-electron chi connectivity index (χ2n) is 2.65. The third-order valence-electron chi connectivity index (χ3n) is 1.62. The maximum atomic E-state index is 12.5. The van der Waals surface area contributed by atoms with Crippen LogP contribution in [0.2, 0.25) is 5.02 Å². The minimum atomic E-state index is -4.43. The van der Waals surface area contributed by atoms with Crippen molar-refractivity contribution in [1.29, 1.82) is 0 Å². The van der Waals surface area contributed by atoms with Gasteiger partial charge in [0, 0.05) is 10.2 Å². The Morgan fingerprint density at radius 2 is 2.00 bits per heavy atom. The van der Waals surface area contributed by atoms with Gasteiger partial charge in [-0.15, -0.1) is 0 Å². The summed E-state index contributed by atoms with van der Waals surface area (Å²) >= 11 is 12.3. The highest BCUT2D eigenvalue weighted by Gasteiger charge is 2.34. The highest BCUT2D eigenvalue weighted by atomic mass is 79.9. The number of hydrogen-bond acceptors (Lipinski definition) is 2. The predicted molar refractivity (Wildman–Crippen MR) is 61.6 cm³/mol. The Bertz CT molecular complexity index is 370. The highest BCUT2D eigenvalue weighted by molar-refractivity contribution is 9.10. The summed E-state index contributed by atoms with van der Waals surface area (Å²) in [5.74, 6) is 0.231. The zero-order valence-corrected chi connectivity index (χ0v) is 10.4. The Labute approximate surface area is 104 Å². The quantitative estimate of drug-likeness (QED) is 0.607. The van der Waals surface area contributed by atoms with Crippen molar-refractivity contribution in [2.75, 3.05) is 11.2 Å². The number of anilines is 1. The average molecular weight is 321 g/mol. The first kappa shape index (κ1) is 13.0. The molecule has 0 aromatic heterocycles. The molecule has 0 aliphatic heterocycles. The molecular weight excluding hydrogens is 315 g/mol. The minimum absolute atomic E-state index is 0.00843. The maximum Gasteiger partial charge on any atom is 0.417 e. The van der Waals surface area contributed by atoms with E-state index in [1.54, 1.807) is 0 Å². The predicted octanol–water partition coefficient (Wildman–Crippen LogP) is 4.42. The van der Waals surface area contributed by atoms with E-state index in [1.807, 2.05) is 0 Å². The summed E-state index contributed by atoms with van der Waals surface area (Å²) in [6.45, 7) is 0. The number of halogens is 5. The molecule has 7 heteroatoms. The molecule has 1 N–H and O–H groups in total. The lowest BCUT2D eigenvalue weighted by atomic mass is 10.2. The Balaban J connectivity index is 3.25. The van der Waals surface area contributed by atoms with Crippen LogP contribution in [0.3, 0.4) is 0 Å². The second-order valence-corrected chi connectivity index (χ2v) is 4.17. The van der Waals surface area contributed by atoms with E-state index in [2.05, 4.69) is 33.9 Å². The molecule has 0 aliphatic carbocycles. The maximum absolute atomic E-state index is 12.5. The van der Waals surface area contributed by atoms with Gasteiger partial charge in [-0.3, -0.25) is 0 Å². The third kappa shape index (κ3) is 3.19. The third-order valence-corrected chi connectivity index (χ3v) is 3.16. The molecule has 0 aliphatic rings. The summed E-state index contributed by atoms with van der Waals surface area (Å²) in [6, 6.07) is 2.38. The van der Waals surface area contributed by atoms with Gasteiger partial charge in [-0.1, -0.05) is 11.6 Å². The molecule has 1 aromatic carbocycles. The van der Waals surface area contributed by atoms with Crippen molar-refractivity contribution in [2.24, 2.45) is 0 Å². The Morgan fingerprint density at radius 1 is 1.40 bits per heavy atom. The molecule has 1 rings (SSSR count). The van der Waals surface area contributed by atoms with Crippen LogP contribution in [0.5, 0.6) is 0 Å². The van der Waals surface area contributed by atoms with Crippen LogP contribution in [0.1, 0.15) is 5.56 Å². The van der Waals surface area contributed by atoms with Crippen molar-refractivity contribution >= 4 is 45.8 Å². The smallest absolute Gasteiger partial charge is 0.376 e. The van der Waals surface area contributed by atoms with E-state index in [-0.39, 0.29) is 21.1 Å². The summed E-state index contributed by atoms with van der Waals surface area (Å²) in [5, 5.41) is 2.66. The SMILES string of the molecule is FC(F)(F)c1cc(NCS)cc(Cl)c1Br. The van der Waals surface area contributed by atoms with E-state index in [4.69, 9.17) is 11.6 Å². The number of thiol groups is 1. The summed E-state index contributed by atoms with van der Waals surface area (Å²) in [4.78, 5) is 0. The average Bonchev–Trinajstić information content (AvgIpc) is 2.09. The van der Waals surface area contributed by atoms with Crippen LogP contribution in [-0.2, 0) is 6.18 Å². The number of benzene rings is 1. The molecular formula is C8H6BrClF3NS. The van der Waals surface area contributed by atoms with Crippen LogP contribution in [-0.4, -0.2) is 5.88 Å². The van der Waals surface area contributed by atoms with E-state index < -0.39 is 11.7 Å². The van der Waals surface area contributed by atoms with E-state index in [0.29, 0.717) is 0 Å². The van der Waals surface area contributed by atoms with E-state index in [0.717, 1.165) is 6.07 Å². The highest BCUT2D eigenvalue weighted by Crippen LogP contribution is 2.40. The molecule has 0 amide bonds. The van der Waals surface area contributed by atoms with Gasteiger partial charge in [-0.25, -0.2) is 0 Å². The number of nitrogens with one attached hydrogen (secondary N) is 1. The molecule has 0 saturated carbocycles. The molecule has 0 saturated heterocycles. The van der Waals surface area contributed by atoms with Gasteiger partial charge in [-0.2, -0.15) is 25.8 Å². The zero-order chi connectivity index (χ0) is 11.6. The molecule has 0 fully saturated rings. The molecule has 0 bridgehead atoms. The fourth-order valence-corrected chi connectivity index (χ4v) is 1.84. The van der Waals surface area contributed by atoms with Gasteiger partial charge in [0.2, 0.25) is 0 Å². The lowest BCUT2D eigenvalue weighted by Crippen LogP contribution is -2.07. The van der Waals surface area contributed by atoms with Crippen molar-refractivity contribution in [1.82, 2.24) is 0 Å². The van der Waals surface area contributed by atoms with Crippen molar-refractivity contribution in [3.63, 3.8) is 0 Å². The van der Waals surface area contributed by atoms with Gasteiger partial charge >= 0.3 is 6.18 Å². The van der Waals surface area contributed by atoms with Gasteiger partial charge in [0.25, 0.3) is 0 Å². The molecule has 84 valence electrons. The van der Waals surface area contributed by atoms with Gasteiger partial charge in [0.1, 0.15) is 0 Å². The topological polar surface area (TPSA) is 12.0 Å². The summed E-state index contributed by atoms with van der Waals surface area (Å²) in [6.07, 6.45) is -4.43. The molecule has 0 radical (unpaired) electrons. The van der Waals surface area contributed by atoms with Crippen molar-refractivity contribution in [3.8, 4) is 0 Å². The van der Waals surface area contributed by atoms with Crippen LogP contribution >= 0.6 is 40.2 Å². The molecule has 0 atom stereocenters. The second kappa shape index (κ2) is 4.84. The first-order valence-corrected chi connectivity index (χ1v) is 5.57. The Morgan fingerprint density at radius 3 is 2.47 bits per heavy atom. The minimum Gasteiger partial charge on any atom is -0.376 e. The standard InChI is InChI=1S/C8H6BrClF3NS/c9-7-5(8(11,12)13)1-4(14-3-15)2-6(7)10/h1-2,14-15H,3H2. The summed E-state index contributed by atoms with van der Waals surface area (Å²) in [5.41, 5.74) is -0.523. The van der Waals surface area contributed by atoms with E-state index in [9.17, 15) is 13.2 Å². The number of hydrogen-bond donors (Lipinski definition) is 2. The molecule has 0 spiro atoms. The van der Waals surface area contributed by atoms with E-state index in [1.165, 1.54) is 6.07 Å². The monoisotopic (exact) mass is 319 g/mol. The fraction of sp³-hybridized carbons (Fsp3) is 0.250. The van der Waals surface area contributed by atoms with Crippen molar-refractivity contribution < 1.29 is 13.2 Å². The molecule has 1 nitrogen and oxygen atoms in total. The van der Waals surface area contributed by atoms with Gasteiger partial charge < -0.3 is 5.32 Å². The first-order valence-electron chi connectivity index (χ1n) is 3.77. The number of alkyl halides is 3. The zero-order valence-electron chi connectivity index (χ0n) is 7.20. The van der Waals surface area contributed by atoms with E-state index >= 15 is 0 Å². The van der Waals surface area contributed by atoms with Crippen LogP contribution in [0.4, 0.5) is 18.9 Å². The summed E-state index contributed by atoms with van der Waals surface area (Å²) in [7, 11) is 0. The molecule has 1 aromatic rings. The largest absolute Gasteiger partial charge is 0.417 e. The van der Waals surface area contributed by atoms with Gasteiger partial charge in [-0.05, 0) is 28.1 Å². The van der Waals surface area contributed by atoms with Crippen LogP contribution in [0.25, 0.3) is 0 Å².